The number of carbonyl (C=O) groups excluding carboxylic acids is 2. The molecule has 1 heterocycles. The molecular weight excluding hydrogens is 412 g/mol. The van der Waals surface area contributed by atoms with Crippen LogP contribution in [-0.4, -0.2) is 29.3 Å². The fourth-order valence-electron chi connectivity index (χ4n) is 2.54. The number of ether oxygens (including phenoxy) is 1. The highest BCUT2D eigenvalue weighted by atomic mass is 35.5. The van der Waals surface area contributed by atoms with E-state index in [2.05, 4.69) is 27.7 Å². The number of amidine groups is 1. The molecule has 0 spiro atoms. The van der Waals surface area contributed by atoms with Gasteiger partial charge in [0.1, 0.15) is 11.0 Å². The van der Waals surface area contributed by atoms with Gasteiger partial charge in [-0.2, -0.15) is 0 Å². The topological polar surface area (TPSA) is 91.8 Å². The van der Waals surface area contributed by atoms with Crippen molar-refractivity contribution in [2.45, 2.75) is 11.7 Å². The van der Waals surface area contributed by atoms with Gasteiger partial charge in [-0.25, -0.2) is 0 Å². The smallest absolute Gasteiger partial charge is 0.240 e. The van der Waals surface area contributed by atoms with Gasteiger partial charge in [0.25, 0.3) is 0 Å². The fraction of sp³-hybridized carbons (Fsp3) is 0.150. The minimum atomic E-state index is -0.575. The molecule has 0 unspecified atom stereocenters. The second-order valence-corrected chi connectivity index (χ2v) is 7.69. The molecule has 1 fully saturated rings. The van der Waals surface area contributed by atoms with Crippen molar-refractivity contribution in [2.24, 2.45) is 5.10 Å². The van der Waals surface area contributed by atoms with Crippen molar-refractivity contribution < 1.29 is 14.3 Å². The summed E-state index contributed by atoms with van der Waals surface area (Å²) in [7, 11) is 1.53. The van der Waals surface area contributed by atoms with Crippen LogP contribution in [0.5, 0.6) is 5.75 Å². The van der Waals surface area contributed by atoms with Crippen LogP contribution in [0.2, 0.25) is 5.02 Å². The molecule has 7 nitrogen and oxygen atoms in total. The minimum absolute atomic E-state index is 0.00565. The van der Waals surface area contributed by atoms with Crippen molar-refractivity contribution in [3.63, 3.8) is 0 Å². The van der Waals surface area contributed by atoms with E-state index in [1.165, 1.54) is 18.9 Å². The van der Waals surface area contributed by atoms with Gasteiger partial charge < -0.3 is 15.4 Å². The molecule has 0 radical (unpaired) electrons. The second kappa shape index (κ2) is 9.49. The average molecular weight is 431 g/mol. The first-order valence-electron chi connectivity index (χ1n) is 8.65. The van der Waals surface area contributed by atoms with Gasteiger partial charge in [-0.15, -0.1) is 5.10 Å². The standard InChI is InChI=1S/C20H19ClN4O3S/c1-12(13-7-9-14(21)10-8-13)24-25-20-23-19(27)17(29-20)11-18(26)22-15-5-3-4-6-16(15)28-2/h3-10,17,24H,1,11H2,2H3,(H,22,26)(H,23,25,27)/t17-/m1/s1. The normalized spacial score (nSPS) is 17.0. The van der Waals surface area contributed by atoms with Crippen LogP contribution in [0.25, 0.3) is 5.70 Å². The maximum absolute atomic E-state index is 12.3. The molecule has 2 aromatic carbocycles. The lowest BCUT2D eigenvalue weighted by Gasteiger charge is -2.10. The Morgan fingerprint density at radius 3 is 2.72 bits per heavy atom. The van der Waals surface area contributed by atoms with Gasteiger partial charge in [-0.3, -0.25) is 15.0 Å². The second-order valence-electron chi connectivity index (χ2n) is 6.06. The molecule has 1 atom stereocenters. The molecule has 0 saturated carbocycles. The largest absolute Gasteiger partial charge is 0.495 e. The quantitative estimate of drug-likeness (QED) is 0.585. The van der Waals surface area contributed by atoms with E-state index in [9.17, 15) is 9.59 Å². The van der Waals surface area contributed by atoms with Crippen LogP contribution in [0, 0.1) is 0 Å². The lowest BCUT2D eigenvalue weighted by atomic mass is 10.2. The van der Waals surface area contributed by atoms with E-state index >= 15 is 0 Å². The number of nitrogens with one attached hydrogen (secondary N) is 3. The van der Waals surface area contributed by atoms with Crippen molar-refractivity contribution in [3.05, 3.63) is 65.7 Å². The number of nitrogens with zero attached hydrogens (tertiary/aromatic N) is 1. The van der Waals surface area contributed by atoms with Gasteiger partial charge in [0.15, 0.2) is 5.17 Å². The highest BCUT2D eigenvalue weighted by molar-refractivity contribution is 8.15. The number of para-hydroxylation sites is 2. The Morgan fingerprint density at radius 1 is 1.28 bits per heavy atom. The van der Waals surface area contributed by atoms with Gasteiger partial charge in [-0.05, 0) is 29.8 Å². The summed E-state index contributed by atoms with van der Waals surface area (Å²) in [5.41, 5.74) is 4.74. The first kappa shape index (κ1) is 20.8. The zero-order chi connectivity index (χ0) is 20.8. The van der Waals surface area contributed by atoms with E-state index in [0.717, 1.165) is 5.56 Å². The van der Waals surface area contributed by atoms with Crippen molar-refractivity contribution in [1.29, 1.82) is 0 Å². The summed E-state index contributed by atoms with van der Waals surface area (Å²) < 4.78 is 5.21. The maximum Gasteiger partial charge on any atom is 0.240 e. The van der Waals surface area contributed by atoms with Gasteiger partial charge in [0, 0.05) is 11.4 Å². The Labute approximate surface area is 177 Å². The molecule has 3 rings (SSSR count). The van der Waals surface area contributed by atoms with E-state index < -0.39 is 5.25 Å². The molecule has 2 aromatic rings. The fourth-order valence-corrected chi connectivity index (χ4v) is 3.60. The molecule has 0 aliphatic carbocycles. The first-order valence-corrected chi connectivity index (χ1v) is 9.91. The van der Waals surface area contributed by atoms with Crippen LogP contribution in [0.1, 0.15) is 12.0 Å². The number of anilines is 1. The third-order valence-electron chi connectivity index (χ3n) is 4.01. The number of methoxy groups -OCH3 is 1. The number of hydrogen-bond donors (Lipinski definition) is 3. The van der Waals surface area contributed by atoms with Crippen LogP contribution < -0.4 is 20.8 Å². The van der Waals surface area contributed by atoms with Crippen LogP contribution in [0.4, 0.5) is 5.69 Å². The summed E-state index contributed by atoms with van der Waals surface area (Å²) in [5, 5.41) is 10.00. The zero-order valence-corrected chi connectivity index (χ0v) is 17.1. The number of thioether (sulfide) groups is 1. The molecule has 29 heavy (non-hydrogen) atoms. The van der Waals surface area contributed by atoms with E-state index in [4.69, 9.17) is 16.3 Å². The van der Waals surface area contributed by atoms with E-state index in [0.29, 0.717) is 27.3 Å². The Kier molecular flexibility index (Phi) is 6.79. The number of hydrogen-bond acceptors (Lipinski definition) is 6. The highest BCUT2D eigenvalue weighted by Crippen LogP contribution is 2.26. The molecular formula is C20H19ClN4O3S. The van der Waals surface area contributed by atoms with Crippen molar-refractivity contribution in [2.75, 3.05) is 12.4 Å². The van der Waals surface area contributed by atoms with Gasteiger partial charge in [-0.1, -0.05) is 54.2 Å². The Hall–Kier alpha value is -2.97. The molecule has 1 aliphatic heterocycles. The summed E-state index contributed by atoms with van der Waals surface area (Å²) >= 11 is 7.05. The Morgan fingerprint density at radius 2 is 2.00 bits per heavy atom. The maximum atomic E-state index is 12.3. The summed E-state index contributed by atoms with van der Waals surface area (Å²) in [4.78, 5) is 24.5. The number of benzene rings is 2. The molecule has 1 aliphatic rings. The summed E-state index contributed by atoms with van der Waals surface area (Å²) in [6.07, 6.45) is 0.00565. The monoisotopic (exact) mass is 430 g/mol. The molecule has 9 heteroatoms. The molecule has 3 N–H and O–H groups in total. The van der Waals surface area contributed by atoms with Crippen molar-refractivity contribution >= 4 is 51.7 Å². The van der Waals surface area contributed by atoms with E-state index in [-0.39, 0.29) is 18.2 Å². The molecule has 2 amide bonds. The Balaban J connectivity index is 1.55. The first-order chi connectivity index (χ1) is 14.0. The third-order valence-corrected chi connectivity index (χ3v) is 5.35. The number of rotatable bonds is 7. The molecule has 0 aromatic heterocycles. The van der Waals surface area contributed by atoms with Crippen LogP contribution in [-0.2, 0) is 9.59 Å². The highest BCUT2D eigenvalue weighted by Gasteiger charge is 2.32. The molecule has 0 bridgehead atoms. The van der Waals surface area contributed by atoms with Crippen LogP contribution >= 0.6 is 23.4 Å². The SMILES string of the molecule is C=C(N/N=C1\NC(=O)[C@@H](CC(=O)Nc2ccccc2OC)S1)c1ccc(Cl)cc1. The van der Waals surface area contributed by atoms with Crippen molar-refractivity contribution in [3.8, 4) is 5.75 Å². The minimum Gasteiger partial charge on any atom is -0.495 e. The number of amides is 2. The summed E-state index contributed by atoms with van der Waals surface area (Å²) in [6, 6.07) is 14.2. The lowest BCUT2D eigenvalue weighted by Crippen LogP contribution is -2.28. The number of hydrazone groups is 1. The van der Waals surface area contributed by atoms with E-state index in [1.807, 2.05) is 18.2 Å². The van der Waals surface area contributed by atoms with Crippen molar-refractivity contribution in [1.82, 2.24) is 10.7 Å². The third kappa shape index (κ3) is 5.52. The summed E-state index contributed by atoms with van der Waals surface area (Å²) in [6.45, 7) is 3.91. The van der Waals surface area contributed by atoms with Gasteiger partial charge >= 0.3 is 0 Å². The zero-order valence-electron chi connectivity index (χ0n) is 15.6. The predicted molar refractivity (Wildman–Crippen MR) is 117 cm³/mol. The van der Waals surface area contributed by atoms with Gasteiger partial charge in [0.2, 0.25) is 11.8 Å². The molecule has 1 saturated heterocycles. The van der Waals surface area contributed by atoms with Crippen LogP contribution in [0.3, 0.4) is 0 Å². The summed E-state index contributed by atoms with van der Waals surface area (Å²) in [5.74, 6) is -0.0127. The average Bonchev–Trinajstić information content (AvgIpc) is 3.06. The Bertz CT molecular complexity index is 962. The van der Waals surface area contributed by atoms with Crippen LogP contribution in [0.15, 0.2) is 60.2 Å². The number of carbonyl (C=O) groups is 2. The molecule has 150 valence electrons. The van der Waals surface area contributed by atoms with Gasteiger partial charge in [0.05, 0.1) is 18.5 Å². The predicted octanol–water partition coefficient (Wildman–Crippen LogP) is 3.44. The number of halogens is 1. The lowest BCUT2D eigenvalue weighted by molar-refractivity contribution is -0.122. The van der Waals surface area contributed by atoms with E-state index in [1.54, 1.807) is 30.3 Å².